The molecule has 0 aromatic carbocycles. The maximum Gasteiger partial charge on any atom is 0.388 e. The number of hydrogen-bond acceptors (Lipinski definition) is 9. The third-order valence-corrected chi connectivity index (χ3v) is 7.22. The van der Waals surface area contributed by atoms with Crippen LogP contribution in [0, 0.1) is 0 Å². The minimum absolute atomic E-state index is 0.000297. The molecule has 1 atom stereocenters. The van der Waals surface area contributed by atoms with Gasteiger partial charge in [-0.2, -0.15) is 8.78 Å². The van der Waals surface area contributed by atoms with E-state index in [9.17, 15) is 13.6 Å². The molecule has 13 heteroatoms. The Labute approximate surface area is 189 Å². The van der Waals surface area contributed by atoms with E-state index in [1.54, 1.807) is 24.7 Å². The molecule has 4 aromatic rings. The van der Waals surface area contributed by atoms with Crippen molar-refractivity contribution in [2.45, 2.75) is 50.7 Å². The molecule has 0 radical (unpaired) electrons. The quantitative estimate of drug-likeness (QED) is 0.451. The smallest absolute Gasteiger partial charge is 0.388 e. The maximum atomic E-state index is 12.8. The van der Waals surface area contributed by atoms with Crippen LogP contribution in [0.4, 0.5) is 20.5 Å². The predicted molar refractivity (Wildman–Crippen MR) is 114 cm³/mol. The van der Waals surface area contributed by atoms with E-state index >= 15 is 0 Å². The summed E-state index contributed by atoms with van der Waals surface area (Å²) in [5.41, 5.74) is 0.659. The minimum atomic E-state index is -2.96. The molecule has 0 bridgehead atoms. The molecule has 4 heterocycles. The minimum Gasteiger partial charge on any atom is -0.415 e. The monoisotopic (exact) mass is 475 g/mol. The molecule has 1 N–H and O–H groups in total. The van der Waals surface area contributed by atoms with E-state index in [0.717, 1.165) is 41.0 Å². The summed E-state index contributed by atoms with van der Waals surface area (Å²) in [7, 11) is 1.61. The number of thiophene rings is 1. The van der Waals surface area contributed by atoms with Crippen molar-refractivity contribution in [3.8, 4) is 5.88 Å². The second-order valence-corrected chi connectivity index (χ2v) is 9.33. The molecule has 0 amide bonds. The molecule has 10 nitrogen and oxygen atoms in total. The highest BCUT2D eigenvalue weighted by molar-refractivity contribution is 7.18. The average molecular weight is 475 g/mol. The molecule has 1 saturated carbocycles. The summed E-state index contributed by atoms with van der Waals surface area (Å²) in [6, 6.07) is 1.37. The number of aromatic nitrogens is 6. The number of rotatable bonds is 6. The first-order valence-electron chi connectivity index (χ1n) is 10.6. The van der Waals surface area contributed by atoms with Gasteiger partial charge in [0.2, 0.25) is 17.7 Å². The molecule has 1 fully saturated rings. The molecular formula is C20H19F2N7O3S. The number of aryl methyl sites for hydroxylation is 2. The first-order valence-corrected chi connectivity index (χ1v) is 11.4. The number of nitrogens with one attached hydrogen (secondary N) is 1. The summed E-state index contributed by atoms with van der Waals surface area (Å²) in [5.74, 6) is 1.50. The molecule has 0 spiro atoms. The van der Waals surface area contributed by atoms with Crippen LogP contribution in [0.3, 0.4) is 0 Å². The van der Waals surface area contributed by atoms with E-state index < -0.39 is 6.61 Å². The molecular weight excluding hydrogens is 456 g/mol. The van der Waals surface area contributed by atoms with Crippen LogP contribution in [-0.4, -0.2) is 36.1 Å². The molecule has 0 saturated heterocycles. The van der Waals surface area contributed by atoms with Crippen molar-refractivity contribution >= 4 is 33.3 Å². The van der Waals surface area contributed by atoms with Gasteiger partial charge in [0.25, 0.3) is 0 Å². The van der Waals surface area contributed by atoms with E-state index in [0.29, 0.717) is 29.5 Å². The fourth-order valence-corrected chi connectivity index (χ4v) is 5.48. The lowest BCUT2D eigenvalue weighted by atomic mass is 9.92. The number of anilines is 2. The van der Waals surface area contributed by atoms with Gasteiger partial charge >= 0.3 is 12.2 Å². The zero-order valence-corrected chi connectivity index (χ0v) is 18.3. The summed E-state index contributed by atoms with van der Waals surface area (Å²) in [4.78, 5) is 19.3. The fourth-order valence-electron chi connectivity index (χ4n) is 4.27. The van der Waals surface area contributed by atoms with Gasteiger partial charge in [-0.05, 0) is 37.7 Å². The Morgan fingerprint density at radius 3 is 2.97 bits per heavy atom. The Hall–Kier alpha value is -3.35. The maximum absolute atomic E-state index is 12.8. The van der Waals surface area contributed by atoms with E-state index in [-0.39, 0.29) is 23.5 Å². The van der Waals surface area contributed by atoms with Crippen LogP contribution < -0.4 is 15.7 Å². The first-order chi connectivity index (χ1) is 16.0. The lowest BCUT2D eigenvalue weighted by Gasteiger charge is -2.24. The van der Waals surface area contributed by atoms with Crippen LogP contribution in [0.5, 0.6) is 5.88 Å². The van der Waals surface area contributed by atoms with Gasteiger partial charge in [-0.25, -0.2) is 14.5 Å². The van der Waals surface area contributed by atoms with Gasteiger partial charge in [0.1, 0.15) is 22.4 Å². The van der Waals surface area contributed by atoms with Crippen LogP contribution in [0.2, 0.25) is 0 Å². The van der Waals surface area contributed by atoms with E-state index in [1.807, 2.05) is 4.57 Å². The summed E-state index contributed by atoms with van der Waals surface area (Å²) in [6.45, 7) is -2.96. The largest absolute Gasteiger partial charge is 0.415 e. The van der Waals surface area contributed by atoms with Gasteiger partial charge in [0.15, 0.2) is 0 Å². The Kier molecular flexibility index (Phi) is 4.67. The zero-order chi connectivity index (χ0) is 22.7. The van der Waals surface area contributed by atoms with Gasteiger partial charge < -0.3 is 14.5 Å². The summed E-state index contributed by atoms with van der Waals surface area (Å²) < 4.78 is 38.2. The van der Waals surface area contributed by atoms with Crippen molar-refractivity contribution in [1.29, 1.82) is 0 Å². The van der Waals surface area contributed by atoms with Gasteiger partial charge in [-0.3, -0.25) is 4.57 Å². The van der Waals surface area contributed by atoms with Gasteiger partial charge in [0.05, 0.1) is 0 Å². The van der Waals surface area contributed by atoms with E-state index in [4.69, 9.17) is 4.42 Å². The third kappa shape index (κ3) is 3.65. The highest BCUT2D eigenvalue weighted by Gasteiger charge is 2.32. The van der Waals surface area contributed by atoms with E-state index in [1.165, 1.54) is 10.7 Å². The fraction of sp³-hybridized carbons (Fsp3) is 0.450. The predicted octanol–water partition coefficient (Wildman–Crippen LogP) is 3.53. The van der Waals surface area contributed by atoms with Crippen LogP contribution in [0.25, 0.3) is 10.2 Å². The molecule has 0 unspecified atom stereocenters. The molecule has 4 aromatic heterocycles. The highest BCUT2D eigenvalue weighted by atomic mass is 32.1. The summed E-state index contributed by atoms with van der Waals surface area (Å²) in [5, 5.41) is 15.7. The normalized spacial score (nSPS) is 18.1. The van der Waals surface area contributed by atoms with Crippen LogP contribution in [0.15, 0.2) is 21.6 Å². The Morgan fingerprint density at radius 1 is 1.33 bits per heavy atom. The van der Waals surface area contributed by atoms with Crippen molar-refractivity contribution in [3.63, 3.8) is 0 Å². The van der Waals surface area contributed by atoms with Gasteiger partial charge in [-0.15, -0.1) is 26.6 Å². The number of halogens is 2. The van der Waals surface area contributed by atoms with Crippen LogP contribution in [-0.2, 0) is 19.9 Å². The molecule has 6 rings (SSSR count). The van der Waals surface area contributed by atoms with Gasteiger partial charge in [-0.1, -0.05) is 0 Å². The van der Waals surface area contributed by atoms with E-state index in [2.05, 4.69) is 30.3 Å². The standard InChI is InChI=1S/C20H19F2N7O3S/c1-28-13(7-14(27-28)31-19(21)22)24-20-26-23-8-29(20)10-4-5-12-11(6-10)15-17(33-12)25-16(9-2-3-9)32-18(15)30/h7-10,19H,2-6H2,1H3,(H,24,26)/t10-/m0/s1. The van der Waals surface area contributed by atoms with Gasteiger partial charge in [0, 0.05) is 30.0 Å². The number of hydrogen-bond donors (Lipinski definition) is 1. The topological polar surface area (TPSA) is 113 Å². The van der Waals surface area contributed by atoms with Crippen LogP contribution in [0.1, 0.15) is 47.6 Å². The molecule has 172 valence electrons. The average Bonchev–Trinajstić information content (AvgIpc) is 3.27. The molecule has 0 aliphatic heterocycles. The first kappa shape index (κ1) is 20.3. The molecule has 33 heavy (non-hydrogen) atoms. The van der Waals surface area contributed by atoms with Crippen molar-refractivity contribution in [2.24, 2.45) is 7.05 Å². The van der Waals surface area contributed by atoms with Crippen molar-refractivity contribution in [3.05, 3.63) is 39.1 Å². The van der Waals surface area contributed by atoms with Crippen LogP contribution >= 0.6 is 11.3 Å². The lowest BCUT2D eigenvalue weighted by Crippen LogP contribution is -2.19. The lowest BCUT2D eigenvalue weighted by molar-refractivity contribution is -0.0531. The summed E-state index contributed by atoms with van der Waals surface area (Å²) >= 11 is 1.57. The molecule has 2 aliphatic rings. The van der Waals surface area contributed by atoms with Crippen molar-refractivity contribution in [2.75, 3.05) is 5.32 Å². The number of alkyl halides is 2. The summed E-state index contributed by atoms with van der Waals surface area (Å²) in [6.07, 6.45) is 5.90. The number of nitrogens with zero attached hydrogens (tertiary/aromatic N) is 6. The van der Waals surface area contributed by atoms with Crippen molar-refractivity contribution in [1.82, 2.24) is 29.5 Å². The second-order valence-electron chi connectivity index (χ2n) is 8.25. The second kappa shape index (κ2) is 7.61. The zero-order valence-electron chi connectivity index (χ0n) is 17.5. The Balaban J connectivity index is 1.28. The third-order valence-electron chi connectivity index (χ3n) is 6.03. The Bertz CT molecular complexity index is 1400. The van der Waals surface area contributed by atoms with Crippen molar-refractivity contribution < 1.29 is 17.9 Å². The molecule has 2 aliphatic carbocycles. The number of ether oxygens (including phenoxy) is 1. The number of fused-ring (bicyclic) bond motifs is 3. The Morgan fingerprint density at radius 2 is 2.18 bits per heavy atom. The SMILES string of the molecule is Cn1nc(OC(F)F)cc1Nc1nncn1[C@H]1CCc2sc3nc(C4CC4)oc(=O)c3c2C1. The highest BCUT2D eigenvalue weighted by Crippen LogP contribution is 2.42.